The van der Waals surface area contributed by atoms with Crippen molar-refractivity contribution in [3.8, 4) is 11.5 Å². The molecule has 8 nitrogen and oxygen atoms in total. The maximum Gasteiger partial charge on any atom is 0.243 e. The number of nitrogens with zero attached hydrogens (tertiary/aromatic N) is 1. The quantitative estimate of drug-likeness (QED) is 0.728. The van der Waals surface area contributed by atoms with Gasteiger partial charge in [-0.15, -0.1) is 12.4 Å². The highest BCUT2D eigenvalue weighted by atomic mass is 35.5. The van der Waals surface area contributed by atoms with Crippen LogP contribution in [0, 0.1) is 5.92 Å². The van der Waals surface area contributed by atoms with E-state index < -0.39 is 10.0 Å². The average molecular weight is 420 g/mol. The number of nitrogens with two attached hydrogens (primary N) is 1. The number of nitrogens with one attached hydrogen (secondary N) is 1. The zero-order chi connectivity index (χ0) is 18.6. The lowest BCUT2D eigenvalue weighted by molar-refractivity contribution is -0.126. The first kappa shape index (κ1) is 21.7. The Kier molecular flexibility index (Phi) is 7.72. The number of benzene rings is 1. The number of rotatable bonds is 5. The van der Waals surface area contributed by atoms with Crippen molar-refractivity contribution < 1.29 is 22.7 Å². The van der Waals surface area contributed by atoms with Gasteiger partial charge in [0.1, 0.15) is 0 Å². The summed E-state index contributed by atoms with van der Waals surface area (Å²) in [4.78, 5) is 12.2. The maximum absolute atomic E-state index is 12.9. The summed E-state index contributed by atoms with van der Waals surface area (Å²) in [5.74, 6) is 0.802. The predicted molar refractivity (Wildman–Crippen MR) is 103 cm³/mol. The molecule has 0 atom stereocenters. The molecule has 2 aliphatic rings. The fourth-order valence-corrected chi connectivity index (χ4v) is 4.64. The zero-order valence-corrected chi connectivity index (χ0v) is 16.7. The Morgan fingerprint density at radius 1 is 1.19 bits per heavy atom. The highest BCUT2D eigenvalue weighted by Crippen LogP contribution is 2.33. The number of halogens is 1. The molecule has 0 aliphatic carbocycles. The molecule has 1 aromatic carbocycles. The maximum atomic E-state index is 12.9. The predicted octanol–water partition coefficient (Wildman–Crippen LogP) is 0.745. The summed E-state index contributed by atoms with van der Waals surface area (Å²) in [7, 11) is -3.63. The van der Waals surface area contributed by atoms with Gasteiger partial charge in [0.05, 0.1) is 18.1 Å². The fourth-order valence-electron chi connectivity index (χ4n) is 3.15. The summed E-state index contributed by atoms with van der Waals surface area (Å²) in [5.41, 5.74) is 5.39. The number of carbonyl (C=O) groups is 1. The fraction of sp³-hybridized carbons (Fsp3) is 0.588. The minimum atomic E-state index is -3.63. The number of ether oxygens (including phenoxy) is 2. The zero-order valence-electron chi connectivity index (χ0n) is 15.1. The Morgan fingerprint density at radius 2 is 1.85 bits per heavy atom. The van der Waals surface area contributed by atoms with E-state index in [1.54, 1.807) is 12.1 Å². The van der Waals surface area contributed by atoms with Gasteiger partial charge in [0.25, 0.3) is 0 Å². The van der Waals surface area contributed by atoms with E-state index in [-0.39, 0.29) is 29.1 Å². The van der Waals surface area contributed by atoms with Crippen LogP contribution in [0.3, 0.4) is 0 Å². The second kappa shape index (κ2) is 9.59. The van der Waals surface area contributed by atoms with E-state index in [1.807, 2.05) is 0 Å². The van der Waals surface area contributed by atoms with Crippen LogP contribution in [0.15, 0.2) is 23.1 Å². The Morgan fingerprint density at radius 3 is 2.52 bits per heavy atom. The van der Waals surface area contributed by atoms with Crippen molar-refractivity contribution in [3.05, 3.63) is 18.2 Å². The van der Waals surface area contributed by atoms with Crippen molar-refractivity contribution in [1.29, 1.82) is 0 Å². The standard InChI is InChI=1S/C17H25N3O5S.ClH/c18-6-7-19-17(21)13-4-8-20(9-5-13)26(22,23)14-2-3-15-16(12-14)25-11-1-10-24-15;/h2-3,12-13H,1,4-11,18H2,(H,19,21);1H. The van der Waals surface area contributed by atoms with Crippen LogP contribution in [0.1, 0.15) is 19.3 Å². The SMILES string of the molecule is Cl.NCCNC(=O)C1CCN(S(=O)(=O)c2ccc3c(c2)OCCCO3)CC1. The van der Waals surface area contributed by atoms with E-state index in [0.29, 0.717) is 63.7 Å². The van der Waals surface area contributed by atoms with Gasteiger partial charge in [-0.3, -0.25) is 4.79 Å². The molecule has 2 aliphatic heterocycles. The van der Waals surface area contributed by atoms with Gasteiger partial charge in [0, 0.05) is 44.6 Å². The largest absolute Gasteiger partial charge is 0.490 e. The summed E-state index contributed by atoms with van der Waals surface area (Å²) in [5, 5.41) is 2.77. The van der Waals surface area contributed by atoms with E-state index in [9.17, 15) is 13.2 Å². The molecular formula is C17H26ClN3O5S. The third-order valence-electron chi connectivity index (χ3n) is 4.63. The van der Waals surface area contributed by atoms with Gasteiger partial charge in [-0.05, 0) is 25.0 Å². The molecule has 10 heteroatoms. The lowest BCUT2D eigenvalue weighted by Crippen LogP contribution is -2.43. The molecule has 0 bridgehead atoms. The molecule has 3 N–H and O–H groups in total. The number of carbonyl (C=O) groups excluding carboxylic acids is 1. The summed E-state index contributed by atoms with van der Waals surface area (Å²) in [6, 6.07) is 4.71. The molecule has 1 amide bonds. The first-order chi connectivity index (χ1) is 12.5. The van der Waals surface area contributed by atoms with E-state index in [4.69, 9.17) is 15.2 Å². The molecular weight excluding hydrogens is 394 g/mol. The number of piperidine rings is 1. The normalized spacial score (nSPS) is 18.3. The van der Waals surface area contributed by atoms with Crippen molar-refractivity contribution in [1.82, 2.24) is 9.62 Å². The smallest absolute Gasteiger partial charge is 0.243 e. The molecule has 2 heterocycles. The number of fused-ring (bicyclic) bond motifs is 1. The molecule has 1 aromatic rings. The summed E-state index contributed by atoms with van der Waals surface area (Å²) in [6.07, 6.45) is 1.76. The Bertz CT molecular complexity index is 751. The Balaban J connectivity index is 0.00000261. The van der Waals surface area contributed by atoms with Gasteiger partial charge >= 0.3 is 0 Å². The second-order valence-corrected chi connectivity index (χ2v) is 8.36. The van der Waals surface area contributed by atoms with Crippen LogP contribution in [0.2, 0.25) is 0 Å². The van der Waals surface area contributed by atoms with Gasteiger partial charge in [-0.1, -0.05) is 0 Å². The van der Waals surface area contributed by atoms with E-state index in [0.717, 1.165) is 6.42 Å². The second-order valence-electron chi connectivity index (χ2n) is 6.42. The van der Waals surface area contributed by atoms with Crippen LogP contribution < -0.4 is 20.5 Å². The molecule has 0 radical (unpaired) electrons. The molecule has 3 rings (SSSR count). The van der Waals surface area contributed by atoms with Gasteiger partial charge < -0.3 is 20.5 Å². The molecule has 0 spiro atoms. The molecule has 152 valence electrons. The van der Waals surface area contributed by atoms with Crippen LogP contribution in [-0.4, -0.2) is 58.0 Å². The van der Waals surface area contributed by atoms with E-state index in [1.165, 1.54) is 10.4 Å². The lowest BCUT2D eigenvalue weighted by atomic mass is 9.97. The van der Waals surface area contributed by atoms with Crippen LogP contribution in [-0.2, 0) is 14.8 Å². The van der Waals surface area contributed by atoms with Gasteiger partial charge in [0.15, 0.2) is 11.5 Å². The van der Waals surface area contributed by atoms with Crippen molar-refractivity contribution in [3.63, 3.8) is 0 Å². The first-order valence-electron chi connectivity index (χ1n) is 8.90. The van der Waals surface area contributed by atoms with Crippen molar-refractivity contribution in [2.75, 3.05) is 39.4 Å². The summed E-state index contributed by atoms with van der Waals surface area (Å²) in [6.45, 7) is 2.52. The molecule has 0 unspecified atom stereocenters. The van der Waals surface area contributed by atoms with Crippen molar-refractivity contribution in [2.24, 2.45) is 11.7 Å². The minimum absolute atomic E-state index is 0. The third kappa shape index (κ3) is 5.04. The topological polar surface area (TPSA) is 111 Å². The van der Waals surface area contributed by atoms with E-state index >= 15 is 0 Å². The van der Waals surface area contributed by atoms with Gasteiger partial charge in [-0.2, -0.15) is 4.31 Å². The molecule has 0 saturated carbocycles. The monoisotopic (exact) mass is 419 g/mol. The van der Waals surface area contributed by atoms with Crippen LogP contribution in [0.5, 0.6) is 11.5 Å². The average Bonchev–Trinajstić information content (AvgIpc) is 2.91. The number of sulfonamides is 1. The van der Waals surface area contributed by atoms with Crippen molar-refractivity contribution >= 4 is 28.3 Å². The third-order valence-corrected chi connectivity index (χ3v) is 6.52. The van der Waals surface area contributed by atoms with Crippen LogP contribution in [0.25, 0.3) is 0 Å². The molecule has 1 fully saturated rings. The van der Waals surface area contributed by atoms with Crippen LogP contribution in [0.4, 0.5) is 0 Å². The number of amides is 1. The van der Waals surface area contributed by atoms with E-state index in [2.05, 4.69) is 5.32 Å². The van der Waals surface area contributed by atoms with Gasteiger partial charge in [0.2, 0.25) is 15.9 Å². The lowest BCUT2D eigenvalue weighted by Gasteiger charge is -2.30. The highest BCUT2D eigenvalue weighted by Gasteiger charge is 2.32. The minimum Gasteiger partial charge on any atom is -0.490 e. The summed E-state index contributed by atoms with van der Waals surface area (Å²) < 4.78 is 38.4. The highest BCUT2D eigenvalue weighted by molar-refractivity contribution is 7.89. The van der Waals surface area contributed by atoms with Crippen LogP contribution >= 0.6 is 12.4 Å². The molecule has 0 aromatic heterocycles. The van der Waals surface area contributed by atoms with Crippen molar-refractivity contribution in [2.45, 2.75) is 24.2 Å². The van der Waals surface area contributed by atoms with Gasteiger partial charge in [-0.25, -0.2) is 8.42 Å². The first-order valence-corrected chi connectivity index (χ1v) is 10.3. The number of hydrogen-bond acceptors (Lipinski definition) is 6. The Labute approximate surface area is 165 Å². The molecule has 1 saturated heterocycles. The number of hydrogen-bond donors (Lipinski definition) is 2. The molecule has 27 heavy (non-hydrogen) atoms. The summed E-state index contributed by atoms with van der Waals surface area (Å²) >= 11 is 0. The Hall–Kier alpha value is -1.55.